The van der Waals surface area contributed by atoms with Crippen molar-refractivity contribution in [1.29, 1.82) is 0 Å². The molecule has 3 rings (SSSR count). The first-order valence-corrected chi connectivity index (χ1v) is 17.9. The fraction of sp³-hybridized carbons (Fsp3) is 0.679. The molecule has 40 heavy (non-hydrogen) atoms. The Hall–Kier alpha value is -2.67. The molecule has 0 aliphatic carbocycles. The first kappa shape index (κ1) is 31.8. The Morgan fingerprint density at radius 3 is 2.48 bits per heavy atom. The average Bonchev–Trinajstić information content (AvgIpc) is 3.40. The van der Waals surface area contributed by atoms with Crippen LogP contribution in [0.3, 0.4) is 0 Å². The van der Waals surface area contributed by atoms with Crippen LogP contribution < -0.4 is 10.6 Å². The number of benzene rings is 1. The number of nitrogens with one attached hydrogen (secondary N) is 2. The molecule has 2 saturated heterocycles. The second-order valence-electron chi connectivity index (χ2n) is 11.5. The number of hydrogen-bond acceptors (Lipinski definition) is 9. The number of rotatable bonds is 12. The number of likely N-dealkylation sites (N-methyl/N-ethyl adjacent to an activating group) is 1. The zero-order chi connectivity index (χ0) is 29.1. The minimum atomic E-state index is -1.41. The third-order valence-corrected chi connectivity index (χ3v) is 8.93. The number of carbonyl (C=O) groups excluding carboxylic acids is 3. The molecule has 0 aromatic heterocycles. The van der Waals surface area contributed by atoms with Gasteiger partial charge in [-0.15, -0.1) is 0 Å². The van der Waals surface area contributed by atoms with Crippen molar-refractivity contribution in [1.82, 2.24) is 20.4 Å². The normalized spacial score (nSPS) is 21.4. The molecule has 2 heterocycles. The summed E-state index contributed by atoms with van der Waals surface area (Å²) >= 11 is 0. The van der Waals surface area contributed by atoms with Crippen LogP contribution in [0.5, 0.6) is 0 Å². The monoisotopic (exact) mass is 578 g/mol. The maximum atomic E-state index is 13.3. The molecular formula is C28H46N4O7Si. The van der Waals surface area contributed by atoms with E-state index in [0.29, 0.717) is 19.6 Å². The van der Waals surface area contributed by atoms with E-state index in [2.05, 4.69) is 35.2 Å². The summed E-state index contributed by atoms with van der Waals surface area (Å²) in [6.45, 7) is 11.2. The van der Waals surface area contributed by atoms with Crippen LogP contribution in [-0.4, -0.2) is 113 Å². The van der Waals surface area contributed by atoms with Gasteiger partial charge >= 0.3 is 18.2 Å². The summed E-state index contributed by atoms with van der Waals surface area (Å²) in [5, 5.41) is 6.08. The quantitative estimate of drug-likeness (QED) is 0.219. The van der Waals surface area contributed by atoms with Crippen molar-refractivity contribution in [2.24, 2.45) is 0 Å². The lowest BCUT2D eigenvalue weighted by Gasteiger charge is -2.42. The van der Waals surface area contributed by atoms with Crippen molar-refractivity contribution in [3.63, 3.8) is 0 Å². The maximum Gasteiger partial charge on any atom is 0.410 e. The van der Waals surface area contributed by atoms with Crippen LogP contribution in [0.25, 0.3) is 0 Å². The lowest BCUT2D eigenvalue weighted by molar-refractivity contribution is -0.151. The second kappa shape index (κ2) is 15.4. The second-order valence-corrected chi connectivity index (χ2v) is 17.1. The van der Waals surface area contributed by atoms with Crippen LogP contribution in [0.1, 0.15) is 18.9 Å². The van der Waals surface area contributed by atoms with Gasteiger partial charge in [-0.1, -0.05) is 50.0 Å². The average molecular weight is 579 g/mol. The van der Waals surface area contributed by atoms with Gasteiger partial charge < -0.3 is 34.5 Å². The number of alkyl carbamates (subject to hydrolysis) is 1. The number of esters is 1. The topological polar surface area (TPSA) is 119 Å². The molecule has 0 saturated carbocycles. The summed E-state index contributed by atoms with van der Waals surface area (Å²) in [7, 11) is 0.496. The van der Waals surface area contributed by atoms with Gasteiger partial charge in [-0.05, 0) is 32.0 Å². The number of nitrogens with zero attached hydrogens (tertiary/aromatic N) is 2. The summed E-state index contributed by atoms with van der Waals surface area (Å²) in [6.07, 6.45) is -0.804. The van der Waals surface area contributed by atoms with E-state index >= 15 is 0 Å². The smallest absolute Gasteiger partial charge is 0.410 e. The molecular weight excluding hydrogens is 532 g/mol. The summed E-state index contributed by atoms with van der Waals surface area (Å²) in [4.78, 5) is 42.9. The third kappa shape index (κ3) is 9.75. The number of ether oxygens (including phenoxy) is 4. The van der Waals surface area contributed by atoms with Gasteiger partial charge in [0.25, 0.3) is 0 Å². The van der Waals surface area contributed by atoms with Crippen LogP contribution >= 0.6 is 0 Å². The molecule has 0 unspecified atom stereocenters. The zero-order valence-electron chi connectivity index (χ0n) is 24.5. The van der Waals surface area contributed by atoms with E-state index in [1.807, 2.05) is 37.4 Å². The van der Waals surface area contributed by atoms with Gasteiger partial charge in [-0.3, -0.25) is 4.90 Å². The molecule has 4 atom stereocenters. The van der Waals surface area contributed by atoms with Crippen LogP contribution in [-0.2, 0) is 30.3 Å². The van der Waals surface area contributed by atoms with Crippen LogP contribution in [0.2, 0.25) is 25.7 Å². The minimum Gasteiger partial charge on any atom is -0.464 e. The fourth-order valence-corrected chi connectivity index (χ4v) is 5.66. The van der Waals surface area contributed by atoms with Crippen molar-refractivity contribution < 1.29 is 33.3 Å². The number of morpholine rings is 1. The van der Waals surface area contributed by atoms with E-state index in [1.165, 1.54) is 0 Å². The molecule has 2 aliphatic rings. The molecule has 2 fully saturated rings. The van der Waals surface area contributed by atoms with Crippen molar-refractivity contribution in [2.75, 3.05) is 53.0 Å². The molecule has 0 spiro atoms. The SMILES string of the molecule is CCOC(=O)[C@@H](NC(=O)OCC[Si](C)(C)C)[C@@H]([C@H]1CN(C(=O)OCc2ccccc2)CCO1)N1CC[C@H](NC)C1. The highest BCUT2D eigenvalue weighted by molar-refractivity contribution is 6.76. The van der Waals surface area contributed by atoms with Gasteiger partial charge in [0.05, 0.1) is 38.5 Å². The summed E-state index contributed by atoms with van der Waals surface area (Å²) < 4.78 is 22.6. The van der Waals surface area contributed by atoms with Gasteiger partial charge in [0.15, 0.2) is 0 Å². The predicted octanol–water partition coefficient (Wildman–Crippen LogP) is 2.68. The number of likely N-dealkylation sites (tertiary alicyclic amines) is 1. The number of carbonyl (C=O) groups is 3. The van der Waals surface area contributed by atoms with E-state index < -0.39 is 44.4 Å². The van der Waals surface area contributed by atoms with Gasteiger partial charge in [-0.2, -0.15) is 0 Å². The Balaban J connectivity index is 1.77. The molecule has 1 aromatic carbocycles. The van der Waals surface area contributed by atoms with Gasteiger partial charge in [-0.25, -0.2) is 14.4 Å². The maximum absolute atomic E-state index is 13.3. The summed E-state index contributed by atoms with van der Waals surface area (Å²) in [5.74, 6) is -0.560. The van der Waals surface area contributed by atoms with Crippen LogP contribution in [0.4, 0.5) is 9.59 Å². The van der Waals surface area contributed by atoms with Crippen molar-refractivity contribution in [2.45, 2.75) is 69.9 Å². The highest BCUT2D eigenvalue weighted by Crippen LogP contribution is 2.24. The summed E-state index contributed by atoms with van der Waals surface area (Å²) in [6, 6.07) is 8.92. The fourth-order valence-electron chi connectivity index (χ4n) is 4.95. The Kier molecular flexibility index (Phi) is 12.2. The van der Waals surface area contributed by atoms with E-state index in [-0.39, 0.29) is 39.0 Å². The molecule has 2 aliphatic heterocycles. The van der Waals surface area contributed by atoms with E-state index in [0.717, 1.165) is 18.0 Å². The van der Waals surface area contributed by atoms with E-state index in [4.69, 9.17) is 18.9 Å². The number of hydrogen-bond donors (Lipinski definition) is 2. The Morgan fingerprint density at radius 1 is 1.07 bits per heavy atom. The van der Waals surface area contributed by atoms with Crippen LogP contribution in [0, 0.1) is 0 Å². The van der Waals surface area contributed by atoms with Crippen LogP contribution in [0.15, 0.2) is 30.3 Å². The molecule has 1 aromatic rings. The Bertz CT molecular complexity index is 962. The van der Waals surface area contributed by atoms with Gasteiger partial charge in [0.1, 0.15) is 12.6 Å². The van der Waals surface area contributed by atoms with E-state index in [9.17, 15) is 14.4 Å². The highest BCUT2D eigenvalue weighted by Gasteiger charge is 2.45. The third-order valence-electron chi connectivity index (χ3n) is 7.23. The largest absolute Gasteiger partial charge is 0.464 e. The lowest BCUT2D eigenvalue weighted by atomic mass is 9.98. The van der Waals surface area contributed by atoms with Gasteiger partial charge in [0, 0.05) is 33.7 Å². The first-order chi connectivity index (χ1) is 19.1. The first-order valence-electron chi connectivity index (χ1n) is 14.2. The Morgan fingerprint density at radius 2 is 1.82 bits per heavy atom. The standard InChI is InChI=1S/C28H46N4O7Si/c1-6-36-26(33)24(30-27(34)38-16-17-40(3,4)5)25(31-13-12-22(18-31)29-2)23-19-32(14-15-37-23)28(35)39-20-21-10-8-7-9-11-21/h7-11,22-25,29H,6,12-20H2,1-5H3,(H,30,34)/t22-,23+,24-,25+/m0/s1. The Labute approximate surface area is 238 Å². The highest BCUT2D eigenvalue weighted by atomic mass is 28.3. The van der Waals surface area contributed by atoms with Crippen molar-refractivity contribution >= 4 is 26.2 Å². The molecule has 0 radical (unpaired) electrons. The van der Waals surface area contributed by atoms with Gasteiger partial charge in [0.2, 0.25) is 0 Å². The van der Waals surface area contributed by atoms with Crippen molar-refractivity contribution in [3.8, 4) is 0 Å². The molecule has 2 amide bonds. The molecule has 2 N–H and O–H groups in total. The zero-order valence-corrected chi connectivity index (χ0v) is 25.5. The lowest BCUT2D eigenvalue weighted by Crippen LogP contribution is -2.64. The molecule has 224 valence electrons. The minimum absolute atomic E-state index is 0.164. The number of amides is 2. The molecule has 12 heteroatoms. The molecule has 11 nitrogen and oxygen atoms in total. The van der Waals surface area contributed by atoms with E-state index in [1.54, 1.807) is 11.8 Å². The molecule has 0 bridgehead atoms. The summed E-state index contributed by atoms with van der Waals surface area (Å²) in [5.41, 5.74) is 0.896. The van der Waals surface area contributed by atoms with Crippen molar-refractivity contribution in [3.05, 3.63) is 35.9 Å². The predicted molar refractivity (Wildman–Crippen MR) is 154 cm³/mol.